The summed E-state index contributed by atoms with van der Waals surface area (Å²) in [7, 11) is 0. The van der Waals surface area contributed by atoms with E-state index in [1.54, 1.807) is 0 Å². The predicted octanol–water partition coefficient (Wildman–Crippen LogP) is 7.57. The molecule has 4 rings (SSSR count). The van der Waals surface area contributed by atoms with Gasteiger partial charge >= 0.3 is 0 Å². The van der Waals surface area contributed by atoms with Gasteiger partial charge in [0, 0.05) is 18.1 Å². The Kier molecular flexibility index (Phi) is 5.74. The third-order valence-electron chi connectivity index (χ3n) is 4.23. The minimum Gasteiger partial charge on any atom is -0.363 e. The first-order valence-electron chi connectivity index (χ1n) is 8.30. The molecule has 0 aliphatic heterocycles. The van der Waals surface area contributed by atoms with Crippen molar-refractivity contribution >= 4 is 59.9 Å². The average molecular weight is 535 g/mol. The van der Waals surface area contributed by atoms with Crippen LogP contribution in [0.25, 0.3) is 10.1 Å². The molecular formula is C22H16BrIOS. The molecular weight excluding hydrogens is 519 g/mol. The lowest BCUT2D eigenvalue weighted by atomic mass is 10.1. The van der Waals surface area contributed by atoms with E-state index in [-0.39, 0.29) is 6.10 Å². The smallest absolute Gasteiger partial charge is 0.118 e. The Morgan fingerprint density at radius 1 is 0.885 bits per heavy atom. The highest BCUT2D eigenvalue weighted by Crippen LogP contribution is 2.40. The molecule has 0 aliphatic carbocycles. The fraction of sp³-hybridized carbons (Fsp3) is 0.0909. The summed E-state index contributed by atoms with van der Waals surface area (Å²) in [6.45, 7) is 0.581. The van der Waals surface area contributed by atoms with E-state index in [2.05, 4.69) is 111 Å². The van der Waals surface area contributed by atoms with E-state index >= 15 is 0 Å². The zero-order valence-corrected chi connectivity index (χ0v) is 18.4. The molecule has 0 N–H and O–H groups in total. The molecule has 1 aromatic heterocycles. The largest absolute Gasteiger partial charge is 0.363 e. The Morgan fingerprint density at radius 2 is 1.58 bits per heavy atom. The molecule has 0 saturated carbocycles. The lowest BCUT2D eigenvalue weighted by Gasteiger charge is -2.18. The molecule has 0 fully saturated rings. The van der Waals surface area contributed by atoms with Crippen molar-refractivity contribution in [3.05, 3.63) is 103 Å². The van der Waals surface area contributed by atoms with Crippen molar-refractivity contribution in [1.29, 1.82) is 0 Å². The average Bonchev–Trinajstić information content (AvgIpc) is 3.01. The summed E-state index contributed by atoms with van der Waals surface area (Å²) < 4.78 is 10.1. The third-order valence-corrected chi connectivity index (χ3v) is 7.50. The molecule has 0 aliphatic rings. The standard InChI is InChI=1S/C22H16BrIOS/c23-17-12-10-15(11-13-17)14-25-21(16-6-2-1-3-7-16)22-20(24)18-8-4-5-9-19(18)26-22/h1-13,21H,14H2. The maximum absolute atomic E-state index is 6.44. The van der Waals surface area contributed by atoms with Crippen molar-refractivity contribution < 1.29 is 4.74 Å². The third kappa shape index (κ3) is 3.88. The highest BCUT2D eigenvalue weighted by molar-refractivity contribution is 14.1. The van der Waals surface area contributed by atoms with Gasteiger partial charge in [-0.05, 0) is 51.9 Å². The zero-order chi connectivity index (χ0) is 17.9. The fourth-order valence-electron chi connectivity index (χ4n) is 2.91. The van der Waals surface area contributed by atoms with Crippen molar-refractivity contribution in [3.63, 3.8) is 0 Å². The summed E-state index contributed by atoms with van der Waals surface area (Å²) in [5, 5.41) is 1.31. The van der Waals surface area contributed by atoms with Crippen molar-refractivity contribution in [1.82, 2.24) is 0 Å². The van der Waals surface area contributed by atoms with Crippen LogP contribution in [0.5, 0.6) is 0 Å². The Hall–Kier alpha value is -1.21. The van der Waals surface area contributed by atoms with E-state index in [9.17, 15) is 0 Å². The maximum Gasteiger partial charge on any atom is 0.118 e. The van der Waals surface area contributed by atoms with Crippen LogP contribution in [0.15, 0.2) is 83.3 Å². The van der Waals surface area contributed by atoms with Crippen LogP contribution >= 0.6 is 49.9 Å². The molecule has 0 spiro atoms. The van der Waals surface area contributed by atoms with Gasteiger partial charge in [-0.2, -0.15) is 0 Å². The van der Waals surface area contributed by atoms with E-state index in [4.69, 9.17) is 4.74 Å². The maximum atomic E-state index is 6.44. The molecule has 3 aromatic carbocycles. The van der Waals surface area contributed by atoms with Crippen LogP contribution in [0.2, 0.25) is 0 Å². The van der Waals surface area contributed by atoms with Gasteiger partial charge in [-0.25, -0.2) is 0 Å². The first kappa shape index (κ1) is 18.2. The Bertz CT molecular complexity index is 1010. The molecule has 130 valence electrons. The number of thiophene rings is 1. The van der Waals surface area contributed by atoms with Gasteiger partial charge in [-0.1, -0.05) is 76.6 Å². The van der Waals surface area contributed by atoms with Crippen LogP contribution in [0.4, 0.5) is 0 Å². The molecule has 4 heteroatoms. The van der Waals surface area contributed by atoms with Crippen molar-refractivity contribution in [2.75, 3.05) is 0 Å². The number of rotatable bonds is 5. The molecule has 0 saturated heterocycles. The van der Waals surface area contributed by atoms with Gasteiger partial charge in [0.2, 0.25) is 0 Å². The Morgan fingerprint density at radius 3 is 2.31 bits per heavy atom. The molecule has 26 heavy (non-hydrogen) atoms. The number of hydrogen-bond acceptors (Lipinski definition) is 2. The molecule has 1 heterocycles. The second-order valence-corrected chi connectivity index (χ2v) is 9.08. The highest BCUT2D eigenvalue weighted by atomic mass is 127. The van der Waals surface area contributed by atoms with E-state index in [1.165, 1.54) is 29.7 Å². The number of hydrogen-bond donors (Lipinski definition) is 0. The summed E-state index contributed by atoms with van der Waals surface area (Å²) in [6.07, 6.45) is -0.0656. The number of benzene rings is 3. The molecule has 4 aromatic rings. The van der Waals surface area contributed by atoms with Crippen LogP contribution in [-0.4, -0.2) is 0 Å². The Balaban J connectivity index is 1.70. The summed E-state index contributed by atoms with van der Waals surface area (Å²) in [5.41, 5.74) is 2.36. The fourth-order valence-corrected chi connectivity index (χ4v) is 5.62. The predicted molar refractivity (Wildman–Crippen MR) is 122 cm³/mol. The van der Waals surface area contributed by atoms with E-state index in [0.29, 0.717) is 6.61 Å². The minimum atomic E-state index is -0.0656. The Labute approximate surface area is 179 Å². The SMILES string of the molecule is Brc1ccc(COC(c2ccccc2)c2sc3ccccc3c2I)cc1. The quantitative estimate of drug-likeness (QED) is 0.240. The number of ether oxygens (including phenoxy) is 1. The molecule has 0 radical (unpaired) electrons. The topological polar surface area (TPSA) is 9.23 Å². The molecule has 0 bridgehead atoms. The normalized spacial score (nSPS) is 12.4. The van der Waals surface area contributed by atoms with Crippen LogP contribution < -0.4 is 0 Å². The van der Waals surface area contributed by atoms with Crippen molar-refractivity contribution in [2.45, 2.75) is 12.7 Å². The van der Waals surface area contributed by atoms with E-state index in [0.717, 1.165) is 4.47 Å². The molecule has 0 amide bonds. The van der Waals surface area contributed by atoms with Gasteiger partial charge in [0.05, 0.1) is 11.5 Å². The van der Waals surface area contributed by atoms with Gasteiger partial charge < -0.3 is 4.74 Å². The summed E-state index contributed by atoms with van der Waals surface area (Å²) >= 11 is 7.77. The number of halogens is 2. The van der Waals surface area contributed by atoms with Gasteiger partial charge in [-0.3, -0.25) is 0 Å². The van der Waals surface area contributed by atoms with Crippen LogP contribution in [0.1, 0.15) is 22.1 Å². The van der Waals surface area contributed by atoms with E-state index in [1.807, 2.05) is 17.4 Å². The van der Waals surface area contributed by atoms with Gasteiger partial charge in [0.15, 0.2) is 0 Å². The van der Waals surface area contributed by atoms with Crippen LogP contribution in [-0.2, 0) is 11.3 Å². The number of fused-ring (bicyclic) bond motifs is 1. The first-order valence-corrected chi connectivity index (χ1v) is 11.0. The van der Waals surface area contributed by atoms with Crippen LogP contribution in [0.3, 0.4) is 0 Å². The minimum absolute atomic E-state index is 0.0656. The molecule has 1 atom stereocenters. The summed E-state index contributed by atoms with van der Waals surface area (Å²) in [5.74, 6) is 0. The second kappa shape index (κ2) is 8.21. The summed E-state index contributed by atoms with van der Waals surface area (Å²) in [4.78, 5) is 1.27. The van der Waals surface area contributed by atoms with Gasteiger partial charge in [0.25, 0.3) is 0 Å². The van der Waals surface area contributed by atoms with E-state index < -0.39 is 0 Å². The summed E-state index contributed by atoms with van der Waals surface area (Å²) in [6, 6.07) is 27.4. The second-order valence-electron chi connectivity index (χ2n) is 6.00. The molecule has 1 nitrogen and oxygen atoms in total. The lowest BCUT2D eigenvalue weighted by Crippen LogP contribution is -2.06. The van der Waals surface area contributed by atoms with Crippen molar-refractivity contribution in [3.8, 4) is 0 Å². The zero-order valence-electron chi connectivity index (χ0n) is 13.9. The van der Waals surface area contributed by atoms with Gasteiger partial charge in [-0.15, -0.1) is 11.3 Å². The lowest BCUT2D eigenvalue weighted by molar-refractivity contribution is 0.0686. The van der Waals surface area contributed by atoms with Crippen LogP contribution in [0, 0.1) is 3.57 Å². The highest BCUT2D eigenvalue weighted by Gasteiger charge is 2.21. The first-order chi connectivity index (χ1) is 12.7. The molecule has 1 unspecified atom stereocenters. The van der Waals surface area contributed by atoms with Crippen molar-refractivity contribution in [2.24, 2.45) is 0 Å². The van der Waals surface area contributed by atoms with Gasteiger partial charge in [0.1, 0.15) is 6.10 Å². The monoisotopic (exact) mass is 534 g/mol.